The molecule has 0 spiro atoms. The topological polar surface area (TPSA) is 50.9 Å². The Balaban J connectivity index is 1.98. The van der Waals surface area contributed by atoms with Crippen molar-refractivity contribution in [3.8, 4) is 0 Å². The highest BCUT2D eigenvalue weighted by Gasteiger charge is 2.04. The number of fused-ring (bicyclic) bond motifs is 1. The molecule has 3 nitrogen and oxygen atoms in total. The van der Waals surface area contributed by atoms with Crippen LogP contribution in [-0.4, -0.2) is 4.98 Å². The van der Waals surface area contributed by atoms with Gasteiger partial charge in [0.25, 0.3) is 0 Å². The molecule has 2 heterocycles. The first-order valence-corrected chi connectivity index (χ1v) is 6.57. The van der Waals surface area contributed by atoms with Crippen LogP contribution in [0.3, 0.4) is 0 Å². The van der Waals surface area contributed by atoms with Gasteiger partial charge in [0, 0.05) is 16.6 Å². The third-order valence-corrected chi connectivity index (χ3v) is 3.82. The Morgan fingerprint density at radius 3 is 3.00 bits per heavy atom. The molecular weight excluding hydrogens is 242 g/mol. The summed E-state index contributed by atoms with van der Waals surface area (Å²) in [5.74, 6) is 0.713. The fourth-order valence-corrected chi connectivity index (χ4v) is 2.62. The third-order valence-electron chi connectivity index (χ3n) is 2.92. The zero-order valence-electron chi connectivity index (χ0n) is 9.97. The molecule has 0 saturated carbocycles. The van der Waals surface area contributed by atoms with Crippen LogP contribution in [-0.2, 0) is 0 Å². The lowest BCUT2D eigenvalue weighted by Crippen LogP contribution is -2.00. The third kappa shape index (κ3) is 1.91. The number of nitrogen functional groups attached to an aromatic ring is 1. The van der Waals surface area contributed by atoms with Crippen LogP contribution >= 0.6 is 11.3 Å². The predicted molar refractivity (Wildman–Crippen MR) is 78.5 cm³/mol. The maximum Gasteiger partial charge on any atom is 0.153 e. The summed E-state index contributed by atoms with van der Waals surface area (Å²) in [6.45, 7) is 1.98. The standard InChI is InChI=1S/C14H13N3S/c1-9-4-6-16-14(13(9)15)17-11-2-3-12-10(8-11)5-7-18-12/h2-8H,15H2,1H3,(H,16,17). The van der Waals surface area contributed by atoms with Gasteiger partial charge in [-0.25, -0.2) is 4.98 Å². The molecule has 0 fully saturated rings. The number of pyridine rings is 1. The minimum absolute atomic E-state index is 0.697. The Morgan fingerprint density at radius 1 is 1.22 bits per heavy atom. The molecule has 0 aliphatic carbocycles. The average Bonchev–Trinajstić information content (AvgIpc) is 2.82. The largest absolute Gasteiger partial charge is 0.396 e. The summed E-state index contributed by atoms with van der Waals surface area (Å²) in [6.07, 6.45) is 1.76. The van der Waals surface area contributed by atoms with E-state index in [0.717, 1.165) is 11.3 Å². The van der Waals surface area contributed by atoms with E-state index in [4.69, 9.17) is 5.73 Å². The Kier molecular flexibility index (Phi) is 2.64. The van der Waals surface area contributed by atoms with Crippen LogP contribution in [0.5, 0.6) is 0 Å². The Hall–Kier alpha value is -2.07. The molecule has 18 heavy (non-hydrogen) atoms. The highest BCUT2D eigenvalue weighted by atomic mass is 32.1. The number of aryl methyl sites for hydroxylation is 1. The second-order valence-corrected chi connectivity index (χ2v) is 5.14. The van der Waals surface area contributed by atoms with Crippen LogP contribution in [0.25, 0.3) is 10.1 Å². The molecule has 0 amide bonds. The van der Waals surface area contributed by atoms with Gasteiger partial charge in [-0.2, -0.15) is 0 Å². The van der Waals surface area contributed by atoms with Gasteiger partial charge in [0.05, 0.1) is 5.69 Å². The van der Waals surface area contributed by atoms with Gasteiger partial charge in [-0.15, -0.1) is 11.3 Å². The fraction of sp³-hybridized carbons (Fsp3) is 0.0714. The first-order chi connectivity index (χ1) is 8.74. The van der Waals surface area contributed by atoms with Gasteiger partial charge in [-0.3, -0.25) is 0 Å². The molecule has 0 radical (unpaired) electrons. The van der Waals surface area contributed by atoms with Gasteiger partial charge in [0.15, 0.2) is 5.82 Å². The lowest BCUT2D eigenvalue weighted by molar-refractivity contribution is 1.28. The maximum absolute atomic E-state index is 6.00. The zero-order valence-corrected chi connectivity index (χ0v) is 10.8. The molecule has 0 atom stereocenters. The Morgan fingerprint density at radius 2 is 2.11 bits per heavy atom. The van der Waals surface area contributed by atoms with Crippen molar-refractivity contribution in [2.24, 2.45) is 0 Å². The number of anilines is 3. The van der Waals surface area contributed by atoms with Crippen molar-refractivity contribution < 1.29 is 0 Å². The first kappa shape index (κ1) is 11.0. The summed E-state index contributed by atoms with van der Waals surface area (Å²) < 4.78 is 1.28. The smallest absolute Gasteiger partial charge is 0.153 e. The highest BCUT2D eigenvalue weighted by molar-refractivity contribution is 7.17. The molecule has 0 aliphatic rings. The summed E-state index contributed by atoms with van der Waals surface area (Å²) in [4.78, 5) is 4.27. The highest BCUT2D eigenvalue weighted by Crippen LogP contribution is 2.27. The number of benzene rings is 1. The lowest BCUT2D eigenvalue weighted by atomic mass is 10.2. The molecule has 1 aromatic carbocycles. The summed E-state index contributed by atoms with van der Waals surface area (Å²) in [7, 11) is 0. The monoisotopic (exact) mass is 255 g/mol. The van der Waals surface area contributed by atoms with Crippen molar-refractivity contribution in [2.75, 3.05) is 11.1 Å². The average molecular weight is 255 g/mol. The normalized spacial score (nSPS) is 10.7. The molecule has 0 bridgehead atoms. The van der Waals surface area contributed by atoms with Crippen molar-refractivity contribution in [3.05, 3.63) is 47.5 Å². The zero-order chi connectivity index (χ0) is 12.5. The van der Waals surface area contributed by atoms with Gasteiger partial charge in [0.2, 0.25) is 0 Å². The molecule has 2 aromatic heterocycles. The van der Waals surface area contributed by atoms with Gasteiger partial charge in [-0.05, 0) is 53.6 Å². The molecule has 0 aliphatic heterocycles. The van der Waals surface area contributed by atoms with E-state index in [1.165, 1.54) is 10.1 Å². The molecular formula is C14H13N3S. The number of nitrogens with zero attached hydrogens (tertiary/aromatic N) is 1. The molecule has 3 rings (SSSR count). The number of hydrogen-bond donors (Lipinski definition) is 2. The minimum atomic E-state index is 0.697. The van der Waals surface area contributed by atoms with Crippen LogP contribution in [0.4, 0.5) is 17.2 Å². The number of nitrogens with one attached hydrogen (secondary N) is 1. The summed E-state index contributed by atoms with van der Waals surface area (Å²) in [6, 6.07) is 10.3. The van der Waals surface area contributed by atoms with E-state index < -0.39 is 0 Å². The molecule has 4 heteroatoms. The molecule has 0 saturated heterocycles. The fourth-order valence-electron chi connectivity index (χ4n) is 1.85. The maximum atomic E-state index is 6.00. The summed E-state index contributed by atoms with van der Waals surface area (Å²) in [5, 5.41) is 6.59. The van der Waals surface area contributed by atoms with Crippen molar-refractivity contribution in [1.29, 1.82) is 0 Å². The molecule has 90 valence electrons. The molecule has 0 unspecified atom stereocenters. The number of hydrogen-bond acceptors (Lipinski definition) is 4. The van der Waals surface area contributed by atoms with Gasteiger partial charge in [0.1, 0.15) is 0 Å². The molecule has 3 N–H and O–H groups in total. The van der Waals surface area contributed by atoms with E-state index in [9.17, 15) is 0 Å². The van der Waals surface area contributed by atoms with Crippen molar-refractivity contribution in [2.45, 2.75) is 6.92 Å². The van der Waals surface area contributed by atoms with E-state index in [0.29, 0.717) is 11.5 Å². The number of thiophene rings is 1. The van der Waals surface area contributed by atoms with Crippen LogP contribution in [0.15, 0.2) is 41.9 Å². The van der Waals surface area contributed by atoms with E-state index in [2.05, 4.69) is 33.9 Å². The van der Waals surface area contributed by atoms with E-state index in [1.54, 1.807) is 17.5 Å². The van der Waals surface area contributed by atoms with Crippen LogP contribution in [0, 0.1) is 6.92 Å². The van der Waals surface area contributed by atoms with E-state index in [1.807, 2.05) is 19.1 Å². The van der Waals surface area contributed by atoms with Crippen molar-refractivity contribution >= 4 is 38.6 Å². The number of rotatable bonds is 2. The van der Waals surface area contributed by atoms with Crippen molar-refractivity contribution in [1.82, 2.24) is 4.98 Å². The van der Waals surface area contributed by atoms with Gasteiger partial charge in [-0.1, -0.05) is 0 Å². The summed E-state index contributed by atoms with van der Waals surface area (Å²) in [5.41, 5.74) is 8.73. The van der Waals surface area contributed by atoms with E-state index >= 15 is 0 Å². The molecule has 3 aromatic rings. The first-order valence-electron chi connectivity index (χ1n) is 5.69. The quantitative estimate of drug-likeness (QED) is 0.729. The van der Waals surface area contributed by atoms with Crippen LogP contribution in [0.2, 0.25) is 0 Å². The van der Waals surface area contributed by atoms with Crippen LogP contribution in [0.1, 0.15) is 5.56 Å². The van der Waals surface area contributed by atoms with Gasteiger partial charge >= 0.3 is 0 Å². The number of aromatic nitrogens is 1. The Bertz CT molecular complexity index is 703. The predicted octanol–water partition coefficient (Wildman–Crippen LogP) is 3.93. The van der Waals surface area contributed by atoms with Crippen molar-refractivity contribution in [3.63, 3.8) is 0 Å². The lowest BCUT2D eigenvalue weighted by Gasteiger charge is -2.09. The summed E-state index contributed by atoms with van der Waals surface area (Å²) >= 11 is 1.74. The van der Waals surface area contributed by atoms with Gasteiger partial charge < -0.3 is 11.1 Å². The number of nitrogens with two attached hydrogens (primary N) is 1. The van der Waals surface area contributed by atoms with E-state index in [-0.39, 0.29) is 0 Å². The second-order valence-electron chi connectivity index (χ2n) is 4.19. The Labute approximate surface area is 109 Å². The SMILES string of the molecule is Cc1ccnc(Nc2ccc3sccc3c2)c1N. The minimum Gasteiger partial charge on any atom is -0.396 e. The second kappa shape index (κ2) is 4.31. The van der Waals surface area contributed by atoms with Crippen LogP contribution < -0.4 is 11.1 Å².